The zero-order chi connectivity index (χ0) is 18.1. The number of aromatic nitrogens is 2. The van der Waals surface area contributed by atoms with Crippen LogP contribution in [0, 0.1) is 0 Å². The van der Waals surface area contributed by atoms with Crippen molar-refractivity contribution in [2.24, 2.45) is 0 Å². The van der Waals surface area contributed by atoms with E-state index in [1.807, 2.05) is 49.0 Å². The van der Waals surface area contributed by atoms with Crippen LogP contribution < -0.4 is 10.1 Å². The molecule has 1 heterocycles. The molecule has 1 saturated carbocycles. The average Bonchev–Trinajstić information content (AvgIpc) is 3.36. The molecule has 0 radical (unpaired) electrons. The number of carbonyl (C=O) groups excluding carboxylic acids is 1. The zero-order valence-corrected chi connectivity index (χ0v) is 15.1. The van der Waals surface area contributed by atoms with Crippen LogP contribution in [0.1, 0.15) is 32.7 Å². The van der Waals surface area contributed by atoms with Crippen molar-refractivity contribution in [1.82, 2.24) is 15.1 Å². The summed E-state index contributed by atoms with van der Waals surface area (Å²) in [5.74, 6) is 0.589. The Morgan fingerprint density at radius 3 is 2.85 bits per heavy atom. The first-order valence-electron chi connectivity index (χ1n) is 9.10. The Hall–Kier alpha value is -2.82. The topological polar surface area (TPSA) is 56.1 Å². The molecule has 0 spiro atoms. The number of benzene rings is 2. The first kappa shape index (κ1) is 16.6. The minimum atomic E-state index is -0.118. The van der Waals surface area contributed by atoms with Crippen LogP contribution in [0.5, 0.6) is 5.75 Å². The number of hydrogen-bond acceptors (Lipinski definition) is 3. The van der Waals surface area contributed by atoms with Crippen LogP contribution in [-0.2, 0) is 4.79 Å². The fourth-order valence-corrected chi connectivity index (χ4v) is 3.18. The molecule has 0 aliphatic heterocycles. The Morgan fingerprint density at radius 1 is 1.27 bits per heavy atom. The third kappa shape index (κ3) is 3.43. The van der Waals surface area contributed by atoms with Crippen LogP contribution >= 0.6 is 0 Å². The normalized spacial score (nSPS) is 14.0. The van der Waals surface area contributed by atoms with E-state index in [4.69, 9.17) is 4.74 Å². The molecule has 134 valence electrons. The van der Waals surface area contributed by atoms with Gasteiger partial charge in [0.2, 0.25) is 0 Å². The molecule has 1 amide bonds. The molecular weight excluding hydrogens is 326 g/mol. The van der Waals surface area contributed by atoms with Gasteiger partial charge in [0.05, 0.1) is 12.2 Å². The summed E-state index contributed by atoms with van der Waals surface area (Å²) in [6.45, 7) is 3.87. The highest BCUT2D eigenvalue weighted by molar-refractivity contribution is 5.99. The average molecular weight is 349 g/mol. The third-order valence-electron chi connectivity index (χ3n) is 4.51. The maximum atomic E-state index is 12.0. The Morgan fingerprint density at radius 2 is 2.08 bits per heavy atom. The molecule has 0 bridgehead atoms. The van der Waals surface area contributed by atoms with Gasteiger partial charge in [0.1, 0.15) is 5.75 Å². The molecule has 0 saturated heterocycles. The second-order valence-electron chi connectivity index (χ2n) is 7.11. The lowest BCUT2D eigenvalue weighted by molar-refractivity contribution is -0.123. The summed E-state index contributed by atoms with van der Waals surface area (Å²) >= 11 is 0. The summed E-state index contributed by atoms with van der Waals surface area (Å²) < 4.78 is 7.93. The van der Waals surface area contributed by atoms with E-state index in [0.29, 0.717) is 11.8 Å². The van der Waals surface area contributed by atoms with E-state index in [9.17, 15) is 4.79 Å². The van der Waals surface area contributed by atoms with E-state index < -0.39 is 0 Å². The Kier molecular flexibility index (Phi) is 4.37. The van der Waals surface area contributed by atoms with Gasteiger partial charge in [-0.05, 0) is 43.5 Å². The lowest BCUT2D eigenvalue weighted by Crippen LogP contribution is -2.34. The standard InChI is InChI=1S/C21H23N3O2/c1-14(2)23-20(25)13-26-19-10-7-15-5-3-4-6-18(15)21(19)16-11-22-24(12-16)17-8-9-17/h3-7,10-12,14,17H,8-9,13H2,1-2H3,(H,23,25). The van der Waals surface area contributed by atoms with Gasteiger partial charge in [-0.1, -0.05) is 30.3 Å². The highest BCUT2D eigenvalue weighted by Gasteiger charge is 2.25. The van der Waals surface area contributed by atoms with E-state index in [-0.39, 0.29) is 18.6 Å². The van der Waals surface area contributed by atoms with Gasteiger partial charge in [-0.3, -0.25) is 9.48 Å². The minimum Gasteiger partial charge on any atom is -0.483 e. The van der Waals surface area contributed by atoms with Gasteiger partial charge >= 0.3 is 0 Å². The highest BCUT2D eigenvalue weighted by atomic mass is 16.5. The summed E-state index contributed by atoms with van der Waals surface area (Å²) in [6, 6.07) is 12.8. The van der Waals surface area contributed by atoms with Gasteiger partial charge in [-0.2, -0.15) is 5.10 Å². The summed E-state index contributed by atoms with van der Waals surface area (Å²) in [4.78, 5) is 12.0. The summed E-state index contributed by atoms with van der Waals surface area (Å²) in [7, 11) is 0. The zero-order valence-electron chi connectivity index (χ0n) is 15.1. The molecule has 0 atom stereocenters. The number of hydrogen-bond donors (Lipinski definition) is 1. The van der Waals surface area contributed by atoms with Crippen molar-refractivity contribution in [3.05, 3.63) is 48.8 Å². The minimum absolute atomic E-state index is 0.000280. The van der Waals surface area contributed by atoms with E-state index in [1.165, 1.54) is 12.8 Å². The molecule has 0 unspecified atom stereocenters. The maximum Gasteiger partial charge on any atom is 0.258 e. The molecule has 2 aromatic carbocycles. The van der Waals surface area contributed by atoms with Crippen LogP contribution in [0.4, 0.5) is 0 Å². The number of nitrogens with zero attached hydrogens (tertiary/aromatic N) is 2. The maximum absolute atomic E-state index is 12.0. The number of rotatable bonds is 6. The molecule has 1 aliphatic carbocycles. The van der Waals surface area contributed by atoms with E-state index in [2.05, 4.69) is 28.7 Å². The fourth-order valence-electron chi connectivity index (χ4n) is 3.18. The Balaban J connectivity index is 1.70. The molecule has 5 heteroatoms. The highest BCUT2D eigenvalue weighted by Crippen LogP contribution is 2.39. The quantitative estimate of drug-likeness (QED) is 0.733. The van der Waals surface area contributed by atoms with Gasteiger partial charge in [0.15, 0.2) is 6.61 Å². The first-order valence-corrected chi connectivity index (χ1v) is 9.10. The van der Waals surface area contributed by atoms with Gasteiger partial charge in [0.25, 0.3) is 5.91 Å². The fraction of sp³-hybridized carbons (Fsp3) is 0.333. The van der Waals surface area contributed by atoms with E-state index in [1.54, 1.807) is 0 Å². The van der Waals surface area contributed by atoms with Crippen molar-refractivity contribution in [2.45, 2.75) is 38.8 Å². The Bertz CT molecular complexity index is 941. The predicted molar refractivity (Wildman–Crippen MR) is 102 cm³/mol. The molecule has 1 aliphatic rings. The van der Waals surface area contributed by atoms with Gasteiger partial charge in [-0.15, -0.1) is 0 Å². The van der Waals surface area contributed by atoms with Crippen LogP contribution in [-0.4, -0.2) is 28.3 Å². The van der Waals surface area contributed by atoms with Crippen molar-refractivity contribution < 1.29 is 9.53 Å². The molecule has 1 aromatic heterocycles. The molecular formula is C21H23N3O2. The van der Waals surface area contributed by atoms with Crippen molar-refractivity contribution >= 4 is 16.7 Å². The van der Waals surface area contributed by atoms with Crippen molar-refractivity contribution in [3.63, 3.8) is 0 Å². The second-order valence-corrected chi connectivity index (χ2v) is 7.11. The lowest BCUT2D eigenvalue weighted by Gasteiger charge is -2.14. The molecule has 1 N–H and O–H groups in total. The predicted octanol–water partition coefficient (Wildman–Crippen LogP) is 3.94. The van der Waals surface area contributed by atoms with Crippen LogP contribution in [0.15, 0.2) is 48.8 Å². The van der Waals surface area contributed by atoms with E-state index >= 15 is 0 Å². The third-order valence-corrected chi connectivity index (χ3v) is 4.51. The Labute approximate surface area is 153 Å². The van der Waals surface area contributed by atoms with Crippen LogP contribution in [0.25, 0.3) is 21.9 Å². The molecule has 5 nitrogen and oxygen atoms in total. The van der Waals surface area contributed by atoms with E-state index in [0.717, 1.165) is 21.9 Å². The molecule has 4 rings (SSSR count). The SMILES string of the molecule is CC(C)NC(=O)COc1ccc2ccccc2c1-c1cnn(C2CC2)c1. The number of nitrogens with one attached hydrogen (secondary N) is 1. The smallest absolute Gasteiger partial charge is 0.258 e. The monoisotopic (exact) mass is 349 g/mol. The van der Waals surface area contributed by atoms with Crippen LogP contribution in [0.3, 0.4) is 0 Å². The number of carbonyl (C=O) groups is 1. The first-order chi connectivity index (χ1) is 12.6. The molecule has 3 aromatic rings. The van der Waals surface area contributed by atoms with Gasteiger partial charge in [0, 0.05) is 23.4 Å². The van der Waals surface area contributed by atoms with Gasteiger partial charge in [-0.25, -0.2) is 0 Å². The largest absolute Gasteiger partial charge is 0.483 e. The van der Waals surface area contributed by atoms with Crippen molar-refractivity contribution in [1.29, 1.82) is 0 Å². The van der Waals surface area contributed by atoms with Crippen molar-refractivity contribution in [2.75, 3.05) is 6.61 Å². The molecule has 26 heavy (non-hydrogen) atoms. The number of ether oxygens (including phenoxy) is 1. The number of fused-ring (bicyclic) bond motifs is 1. The van der Waals surface area contributed by atoms with Gasteiger partial charge < -0.3 is 10.1 Å². The summed E-state index contributed by atoms with van der Waals surface area (Å²) in [5.41, 5.74) is 2.01. The van der Waals surface area contributed by atoms with Crippen molar-refractivity contribution in [3.8, 4) is 16.9 Å². The summed E-state index contributed by atoms with van der Waals surface area (Å²) in [5, 5.41) is 9.62. The second kappa shape index (κ2) is 6.83. The van der Waals surface area contributed by atoms with Crippen LogP contribution in [0.2, 0.25) is 0 Å². The summed E-state index contributed by atoms with van der Waals surface area (Å²) in [6.07, 6.45) is 6.35. The lowest BCUT2D eigenvalue weighted by atomic mass is 9.99. The number of amides is 1. The molecule has 1 fully saturated rings.